The van der Waals surface area contributed by atoms with E-state index in [0.717, 1.165) is 13.1 Å². The third kappa shape index (κ3) is 3.14. The number of H-pyrrole nitrogens is 1. The Labute approximate surface area is 127 Å². The number of benzene rings is 1. The molecular formula is C18H27N3. The number of nitrogens with zero attached hydrogens (tertiary/aromatic N) is 2. The van der Waals surface area contributed by atoms with Crippen LogP contribution in [-0.2, 0) is 6.54 Å². The van der Waals surface area contributed by atoms with E-state index in [-0.39, 0.29) is 0 Å². The summed E-state index contributed by atoms with van der Waals surface area (Å²) in [7, 11) is 4.51. The number of nitrogens with one attached hydrogen (secondary N) is 1. The molecule has 1 fully saturated rings. The summed E-state index contributed by atoms with van der Waals surface area (Å²) in [5, 5.41) is 1.36. The summed E-state index contributed by atoms with van der Waals surface area (Å²) in [6.45, 7) is 5.65. The van der Waals surface area contributed by atoms with Gasteiger partial charge in [-0.05, 0) is 52.0 Å². The molecule has 21 heavy (non-hydrogen) atoms. The monoisotopic (exact) mass is 285 g/mol. The van der Waals surface area contributed by atoms with Crippen molar-refractivity contribution in [2.75, 3.05) is 27.2 Å². The van der Waals surface area contributed by atoms with Crippen molar-refractivity contribution in [1.29, 1.82) is 0 Å². The molecule has 1 N–H and O–H groups in total. The Morgan fingerprint density at radius 1 is 1.29 bits per heavy atom. The van der Waals surface area contributed by atoms with E-state index >= 15 is 0 Å². The summed E-state index contributed by atoms with van der Waals surface area (Å²) in [6.07, 6.45) is 4.08. The van der Waals surface area contributed by atoms with Gasteiger partial charge in [0.2, 0.25) is 0 Å². The van der Waals surface area contributed by atoms with Crippen LogP contribution in [0.25, 0.3) is 10.9 Å². The Hall–Kier alpha value is -1.32. The molecule has 3 heteroatoms. The largest absolute Gasteiger partial charge is 0.357 e. The van der Waals surface area contributed by atoms with Gasteiger partial charge < -0.3 is 9.88 Å². The molecule has 3 nitrogen and oxygen atoms in total. The molecule has 1 atom stereocenters. The van der Waals surface area contributed by atoms with Gasteiger partial charge >= 0.3 is 0 Å². The van der Waals surface area contributed by atoms with Crippen LogP contribution >= 0.6 is 0 Å². The molecule has 0 radical (unpaired) electrons. The summed E-state index contributed by atoms with van der Waals surface area (Å²) in [4.78, 5) is 8.58. The average molecular weight is 285 g/mol. The first kappa shape index (κ1) is 14.6. The van der Waals surface area contributed by atoms with Gasteiger partial charge in [0.05, 0.1) is 0 Å². The molecule has 0 spiro atoms. The molecule has 2 aromatic rings. The van der Waals surface area contributed by atoms with E-state index in [1.165, 1.54) is 48.0 Å². The van der Waals surface area contributed by atoms with Crippen molar-refractivity contribution in [2.45, 2.75) is 38.8 Å². The maximum atomic E-state index is 3.59. The molecule has 0 aliphatic carbocycles. The summed E-state index contributed by atoms with van der Waals surface area (Å²) in [6, 6.07) is 9.31. The molecule has 0 amide bonds. The molecule has 1 aromatic heterocycles. The fourth-order valence-electron chi connectivity index (χ4n) is 3.57. The van der Waals surface area contributed by atoms with Gasteiger partial charge in [-0.1, -0.05) is 24.6 Å². The van der Waals surface area contributed by atoms with E-state index in [1.54, 1.807) is 0 Å². The molecule has 0 unspecified atom stereocenters. The summed E-state index contributed by atoms with van der Waals surface area (Å²) in [5.74, 6) is 0. The first-order valence-corrected chi connectivity index (χ1v) is 8.10. The van der Waals surface area contributed by atoms with E-state index in [4.69, 9.17) is 0 Å². The number of piperidine rings is 1. The van der Waals surface area contributed by atoms with Crippen LogP contribution < -0.4 is 0 Å². The second-order valence-electron chi connectivity index (χ2n) is 6.60. The number of likely N-dealkylation sites (tertiary alicyclic amines) is 1. The fraction of sp³-hybridized carbons (Fsp3) is 0.556. The Morgan fingerprint density at radius 3 is 2.86 bits per heavy atom. The number of para-hydroxylation sites is 1. The van der Waals surface area contributed by atoms with E-state index in [9.17, 15) is 0 Å². The molecule has 1 aliphatic rings. The normalized spacial score (nSPS) is 20.5. The number of aryl methyl sites for hydroxylation is 1. The van der Waals surface area contributed by atoms with Crippen molar-refractivity contribution in [3.8, 4) is 0 Å². The second-order valence-corrected chi connectivity index (χ2v) is 6.60. The van der Waals surface area contributed by atoms with Gasteiger partial charge in [-0.15, -0.1) is 0 Å². The average Bonchev–Trinajstić information content (AvgIpc) is 2.78. The summed E-state index contributed by atoms with van der Waals surface area (Å²) >= 11 is 0. The highest BCUT2D eigenvalue weighted by Crippen LogP contribution is 2.23. The third-order valence-corrected chi connectivity index (χ3v) is 4.94. The van der Waals surface area contributed by atoms with Crippen LogP contribution in [0.3, 0.4) is 0 Å². The minimum atomic E-state index is 0.716. The van der Waals surface area contributed by atoms with Crippen molar-refractivity contribution < 1.29 is 0 Å². The first-order chi connectivity index (χ1) is 10.1. The Morgan fingerprint density at radius 2 is 2.10 bits per heavy atom. The Kier molecular flexibility index (Phi) is 4.32. The highest BCUT2D eigenvalue weighted by molar-refractivity contribution is 5.84. The number of fused-ring (bicyclic) bond motifs is 1. The van der Waals surface area contributed by atoms with Gasteiger partial charge in [0, 0.05) is 35.7 Å². The molecule has 3 rings (SSSR count). The van der Waals surface area contributed by atoms with E-state index in [2.05, 4.69) is 60.1 Å². The van der Waals surface area contributed by atoms with Gasteiger partial charge in [-0.25, -0.2) is 0 Å². The number of hydrogen-bond acceptors (Lipinski definition) is 2. The van der Waals surface area contributed by atoms with Gasteiger partial charge in [0.15, 0.2) is 0 Å². The highest BCUT2D eigenvalue weighted by Gasteiger charge is 2.20. The van der Waals surface area contributed by atoms with E-state index in [1.807, 2.05) is 0 Å². The third-order valence-electron chi connectivity index (χ3n) is 4.94. The smallest absolute Gasteiger partial charge is 0.0459 e. The maximum absolute atomic E-state index is 3.59. The van der Waals surface area contributed by atoms with Gasteiger partial charge in [0.1, 0.15) is 0 Å². The SMILES string of the molecule is Cc1c(CN(C)C[C@@H]2CCCCN2C)[nH]c2ccccc12. The molecule has 0 bridgehead atoms. The van der Waals surface area contributed by atoms with Crippen LogP contribution in [0.1, 0.15) is 30.5 Å². The lowest BCUT2D eigenvalue weighted by atomic mass is 10.0. The predicted octanol–water partition coefficient (Wildman–Crippen LogP) is 3.39. The van der Waals surface area contributed by atoms with Crippen molar-refractivity contribution in [3.63, 3.8) is 0 Å². The number of hydrogen-bond donors (Lipinski definition) is 1. The lowest BCUT2D eigenvalue weighted by molar-refractivity contribution is 0.138. The van der Waals surface area contributed by atoms with Crippen LogP contribution in [-0.4, -0.2) is 48.0 Å². The lowest BCUT2D eigenvalue weighted by Gasteiger charge is -2.35. The van der Waals surface area contributed by atoms with Gasteiger partial charge in [0.25, 0.3) is 0 Å². The van der Waals surface area contributed by atoms with Crippen LogP contribution in [0.5, 0.6) is 0 Å². The van der Waals surface area contributed by atoms with Gasteiger partial charge in [-0.3, -0.25) is 4.90 Å². The molecule has 114 valence electrons. The zero-order valence-electron chi connectivity index (χ0n) is 13.5. The Balaban J connectivity index is 1.68. The zero-order chi connectivity index (χ0) is 14.8. The fourth-order valence-corrected chi connectivity index (χ4v) is 3.57. The summed E-state index contributed by atoms with van der Waals surface area (Å²) in [5.41, 5.74) is 4.01. The molecule has 1 aromatic carbocycles. The predicted molar refractivity (Wildman–Crippen MR) is 89.6 cm³/mol. The molecule has 0 saturated carbocycles. The van der Waals surface area contributed by atoms with Crippen molar-refractivity contribution in [3.05, 3.63) is 35.5 Å². The summed E-state index contributed by atoms with van der Waals surface area (Å²) < 4.78 is 0. The quantitative estimate of drug-likeness (QED) is 0.930. The number of aromatic amines is 1. The molecule has 2 heterocycles. The lowest BCUT2D eigenvalue weighted by Crippen LogP contribution is -2.43. The second kappa shape index (κ2) is 6.20. The van der Waals surface area contributed by atoms with Crippen LogP contribution in [0, 0.1) is 6.92 Å². The van der Waals surface area contributed by atoms with Crippen molar-refractivity contribution in [1.82, 2.24) is 14.8 Å². The number of rotatable bonds is 4. The van der Waals surface area contributed by atoms with E-state index in [0.29, 0.717) is 6.04 Å². The number of aromatic nitrogens is 1. The minimum absolute atomic E-state index is 0.716. The highest BCUT2D eigenvalue weighted by atomic mass is 15.2. The van der Waals surface area contributed by atoms with Crippen LogP contribution in [0.15, 0.2) is 24.3 Å². The van der Waals surface area contributed by atoms with E-state index < -0.39 is 0 Å². The van der Waals surface area contributed by atoms with Crippen molar-refractivity contribution >= 4 is 10.9 Å². The topological polar surface area (TPSA) is 22.3 Å². The zero-order valence-corrected chi connectivity index (χ0v) is 13.5. The Bertz CT molecular complexity index is 602. The van der Waals surface area contributed by atoms with Crippen molar-refractivity contribution in [2.24, 2.45) is 0 Å². The minimum Gasteiger partial charge on any atom is -0.357 e. The molecule has 1 aliphatic heterocycles. The first-order valence-electron chi connectivity index (χ1n) is 8.10. The van der Waals surface area contributed by atoms with Gasteiger partial charge in [-0.2, -0.15) is 0 Å². The molecule has 1 saturated heterocycles. The van der Waals surface area contributed by atoms with Crippen LogP contribution in [0.2, 0.25) is 0 Å². The number of likely N-dealkylation sites (N-methyl/N-ethyl adjacent to an activating group) is 2. The maximum Gasteiger partial charge on any atom is 0.0459 e. The van der Waals surface area contributed by atoms with Crippen LogP contribution in [0.4, 0.5) is 0 Å². The molecular weight excluding hydrogens is 258 g/mol. The standard InChI is InChI=1S/C18H27N3/c1-14-16-9-4-5-10-17(16)19-18(14)13-20(2)12-15-8-6-7-11-21(15)3/h4-5,9-10,15,19H,6-8,11-13H2,1-3H3/t15-/m0/s1.